The molecule has 3 aromatic rings. The van der Waals surface area contributed by atoms with Gasteiger partial charge in [0.25, 0.3) is 5.91 Å². The third-order valence-corrected chi connectivity index (χ3v) is 7.61. The van der Waals surface area contributed by atoms with Crippen molar-refractivity contribution in [3.8, 4) is 0 Å². The minimum Gasteiger partial charge on any atom is -0.320 e. The Hall–Kier alpha value is -2.76. The summed E-state index contributed by atoms with van der Waals surface area (Å²) >= 11 is 0.972. The van der Waals surface area contributed by atoms with Gasteiger partial charge in [-0.25, -0.2) is 17.2 Å². The fourth-order valence-corrected chi connectivity index (χ4v) is 5.91. The topological polar surface area (TPSA) is 92.3 Å². The summed E-state index contributed by atoms with van der Waals surface area (Å²) in [5.41, 5.74) is 0.391. The Morgan fingerprint density at radius 1 is 1.10 bits per heavy atom. The van der Waals surface area contributed by atoms with Gasteiger partial charge in [0.05, 0.1) is 6.04 Å². The van der Waals surface area contributed by atoms with E-state index in [0.29, 0.717) is 23.5 Å². The molecule has 0 spiro atoms. The summed E-state index contributed by atoms with van der Waals surface area (Å²) in [6, 6.07) is 9.83. The van der Waals surface area contributed by atoms with Crippen molar-refractivity contribution in [2.75, 3.05) is 11.9 Å². The van der Waals surface area contributed by atoms with E-state index in [9.17, 15) is 22.0 Å². The second kappa shape index (κ2) is 8.17. The van der Waals surface area contributed by atoms with Crippen molar-refractivity contribution in [2.24, 2.45) is 0 Å². The number of nitrogens with zero attached hydrogens (tertiary/aromatic N) is 3. The van der Waals surface area contributed by atoms with Crippen molar-refractivity contribution >= 4 is 33.0 Å². The molecular formula is C19H16F2N4O3S2. The van der Waals surface area contributed by atoms with Crippen LogP contribution >= 0.6 is 11.3 Å². The quantitative estimate of drug-likeness (QED) is 0.641. The third-order valence-electron chi connectivity index (χ3n) is 4.65. The van der Waals surface area contributed by atoms with Crippen molar-refractivity contribution < 1.29 is 22.0 Å². The molecule has 1 aliphatic rings. The minimum atomic E-state index is -4.07. The van der Waals surface area contributed by atoms with E-state index in [2.05, 4.69) is 15.5 Å². The molecule has 1 atom stereocenters. The highest BCUT2D eigenvalue weighted by molar-refractivity contribution is 7.89. The zero-order valence-electron chi connectivity index (χ0n) is 15.5. The van der Waals surface area contributed by atoms with Crippen LogP contribution in [0.4, 0.5) is 14.5 Å². The molecule has 2 aromatic carbocycles. The highest BCUT2D eigenvalue weighted by atomic mass is 32.2. The molecule has 1 unspecified atom stereocenters. The van der Waals surface area contributed by atoms with E-state index in [1.54, 1.807) is 0 Å². The monoisotopic (exact) mass is 450 g/mol. The Bertz CT molecular complexity index is 1180. The second-order valence-electron chi connectivity index (χ2n) is 6.61. The van der Waals surface area contributed by atoms with Crippen LogP contribution in [0.3, 0.4) is 0 Å². The molecule has 2 heterocycles. The normalized spacial score (nSPS) is 17.2. The average Bonchev–Trinajstić information content (AvgIpc) is 3.39. The van der Waals surface area contributed by atoms with Crippen molar-refractivity contribution in [3.63, 3.8) is 0 Å². The summed E-state index contributed by atoms with van der Waals surface area (Å²) in [6.07, 6.45) is 1.07. The molecule has 1 N–H and O–H groups in total. The molecule has 0 saturated carbocycles. The van der Waals surface area contributed by atoms with Crippen LogP contribution in [0.25, 0.3) is 0 Å². The molecule has 1 fully saturated rings. The maximum Gasteiger partial charge on any atom is 0.286 e. The molecule has 1 aromatic heterocycles. The van der Waals surface area contributed by atoms with Gasteiger partial charge >= 0.3 is 0 Å². The lowest BCUT2D eigenvalue weighted by molar-refractivity contribution is 0.102. The van der Waals surface area contributed by atoms with Crippen molar-refractivity contribution in [1.82, 2.24) is 14.5 Å². The fourth-order valence-electron chi connectivity index (χ4n) is 3.23. The number of anilines is 1. The molecule has 0 bridgehead atoms. The highest BCUT2D eigenvalue weighted by Gasteiger charge is 2.39. The SMILES string of the molecule is O=C(Nc1ccc(F)cc1)c1nnc(C2CCCN2S(=O)(=O)c2ccccc2F)s1. The number of nitrogens with one attached hydrogen (secondary N) is 1. The Balaban J connectivity index is 1.55. The van der Waals surface area contributed by atoms with Crippen molar-refractivity contribution in [3.05, 3.63) is 70.2 Å². The Morgan fingerprint density at radius 3 is 2.57 bits per heavy atom. The Morgan fingerprint density at radius 2 is 1.83 bits per heavy atom. The lowest BCUT2D eigenvalue weighted by Gasteiger charge is -2.22. The van der Waals surface area contributed by atoms with E-state index in [0.717, 1.165) is 17.4 Å². The van der Waals surface area contributed by atoms with Crippen LogP contribution in [-0.4, -0.2) is 35.4 Å². The van der Waals surface area contributed by atoms with Gasteiger partial charge in [0.1, 0.15) is 21.5 Å². The Kier molecular flexibility index (Phi) is 5.58. The molecule has 0 radical (unpaired) electrons. The van der Waals surface area contributed by atoms with E-state index in [1.807, 2.05) is 0 Å². The zero-order valence-corrected chi connectivity index (χ0v) is 17.1. The molecule has 1 amide bonds. The summed E-state index contributed by atoms with van der Waals surface area (Å²) in [5, 5.41) is 10.9. The number of carbonyl (C=O) groups excluding carboxylic acids is 1. The van der Waals surface area contributed by atoms with Crippen LogP contribution in [0.1, 0.15) is 33.7 Å². The lowest BCUT2D eigenvalue weighted by atomic mass is 10.2. The number of rotatable bonds is 5. The van der Waals surface area contributed by atoms with Crippen molar-refractivity contribution in [2.45, 2.75) is 23.8 Å². The number of aromatic nitrogens is 2. The number of carbonyl (C=O) groups is 1. The van der Waals surface area contributed by atoms with E-state index >= 15 is 0 Å². The summed E-state index contributed by atoms with van der Waals surface area (Å²) in [4.78, 5) is 12.0. The zero-order chi connectivity index (χ0) is 21.3. The maximum absolute atomic E-state index is 14.1. The number of sulfonamides is 1. The third kappa shape index (κ3) is 3.95. The van der Waals surface area contributed by atoms with Crippen LogP contribution in [0.15, 0.2) is 53.4 Å². The van der Waals surface area contributed by atoms with E-state index < -0.39 is 38.5 Å². The highest BCUT2D eigenvalue weighted by Crippen LogP contribution is 2.38. The van der Waals surface area contributed by atoms with Gasteiger partial charge in [-0.2, -0.15) is 4.31 Å². The van der Waals surface area contributed by atoms with E-state index in [-0.39, 0.29) is 11.6 Å². The predicted molar refractivity (Wildman–Crippen MR) is 107 cm³/mol. The smallest absolute Gasteiger partial charge is 0.286 e. The van der Waals surface area contributed by atoms with Gasteiger partial charge < -0.3 is 5.32 Å². The summed E-state index contributed by atoms with van der Waals surface area (Å²) in [5.74, 6) is -1.78. The van der Waals surface area contributed by atoms with Crippen LogP contribution < -0.4 is 5.32 Å². The molecule has 7 nitrogen and oxygen atoms in total. The largest absolute Gasteiger partial charge is 0.320 e. The standard InChI is InChI=1S/C19H16F2N4O3S2/c20-12-7-9-13(10-8-12)22-17(26)19-24-23-18(29-19)15-5-3-11-25(15)30(27,28)16-6-2-1-4-14(16)21/h1-2,4,6-10,15H,3,5,11H2,(H,22,26). The summed E-state index contributed by atoms with van der Waals surface area (Å²) in [7, 11) is -4.07. The van der Waals surface area contributed by atoms with Crippen molar-refractivity contribution in [1.29, 1.82) is 0 Å². The first-order chi connectivity index (χ1) is 14.4. The molecule has 4 rings (SSSR count). The number of hydrogen-bond acceptors (Lipinski definition) is 6. The van der Waals surface area contributed by atoms with Crippen LogP contribution in [-0.2, 0) is 10.0 Å². The fraction of sp³-hybridized carbons (Fsp3) is 0.211. The van der Waals surface area contributed by atoms with E-state index in [4.69, 9.17) is 0 Å². The van der Waals surface area contributed by atoms with Crippen LogP contribution in [0.2, 0.25) is 0 Å². The first kappa shape index (κ1) is 20.5. The summed E-state index contributed by atoms with van der Waals surface area (Å²) < 4.78 is 54.3. The van der Waals surface area contributed by atoms with Gasteiger partial charge in [-0.3, -0.25) is 4.79 Å². The van der Waals surface area contributed by atoms with Gasteiger partial charge in [-0.05, 0) is 49.2 Å². The van der Waals surface area contributed by atoms with Gasteiger partial charge in [-0.15, -0.1) is 10.2 Å². The molecule has 1 saturated heterocycles. The molecule has 11 heteroatoms. The number of hydrogen-bond donors (Lipinski definition) is 1. The molecule has 0 aliphatic carbocycles. The molecule has 30 heavy (non-hydrogen) atoms. The molecule has 156 valence electrons. The van der Waals surface area contributed by atoms with Crippen LogP contribution in [0.5, 0.6) is 0 Å². The maximum atomic E-state index is 14.1. The second-order valence-corrected chi connectivity index (χ2v) is 9.48. The first-order valence-corrected chi connectivity index (χ1v) is 11.3. The number of benzene rings is 2. The lowest BCUT2D eigenvalue weighted by Crippen LogP contribution is -2.31. The summed E-state index contributed by atoms with van der Waals surface area (Å²) in [6.45, 7) is 0.220. The van der Waals surface area contributed by atoms with Crippen LogP contribution in [0, 0.1) is 11.6 Å². The number of halogens is 2. The Labute approximate surface area is 175 Å². The minimum absolute atomic E-state index is 0.0458. The van der Waals surface area contributed by atoms with Gasteiger partial charge in [0.2, 0.25) is 15.0 Å². The molecule has 1 aliphatic heterocycles. The van der Waals surface area contributed by atoms with E-state index in [1.165, 1.54) is 46.8 Å². The van der Waals surface area contributed by atoms with Gasteiger partial charge in [-0.1, -0.05) is 23.5 Å². The van der Waals surface area contributed by atoms with Gasteiger partial charge in [0, 0.05) is 12.2 Å². The average molecular weight is 450 g/mol. The number of amides is 1. The van der Waals surface area contributed by atoms with Gasteiger partial charge in [0.15, 0.2) is 0 Å². The first-order valence-electron chi connectivity index (χ1n) is 9.03. The predicted octanol–water partition coefficient (Wildman–Crippen LogP) is 3.59. The molecular weight excluding hydrogens is 434 g/mol.